The molecule has 11 rings (SSSR count). The zero-order valence-electron chi connectivity index (χ0n) is 47.3. The summed E-state index contributed by atoms with van der Waals surface area (Å²) in [6.07, 6.45) is 16.6. The van der Waals surface area contributed by atoms with Crippen LogP contribution in [0, 0.1) is 96.9 Å². The number of nitrogens with zero attached hydrogens (tertiary/aromatic N) is 10. The van der Waals surface area contributed by atoms with Gasteiger partial charge in [-0.2, -0.15) is 10.2 Å². The van der Waals surface area contributed by atoms with Crippen LogP contribution in [0.1, 0.15) is 75.2 Å². The van der Waals surface area contributed by atoms with Gasteiger partial charge in [0.2, 0.25) is 5.56 Å². The summed E-state index contributed by atoms with van der Waals surface area (Å²) in [5, 5.41) is 14.6. The average Bonchev–Trinajstić information content (AvgIpc) is 4.28. The second kappa shape index (κ2) is 35.4. The minimum absolute atomic E-state index is 0.0347. The maximum atomic E-state index is 10.6. The van der Waals surface area contributed by atoms with E-state index in [4.69, 9.17) is 4.42 Å². The molecule has 10 heterocycles. The summed E-state index contributed by atoms with van der Waals surface area (Å²) in [4.78, 5) is 33.3. The highest BCUT2D eigenvalue weighted by Crippen LogP contribution is 2.16. The summed E-state index contributed by atoms with van der Waals surface area (Å²) < 4.78 is 12.1. The lowest BCUT2D eigenvalue weighted by molar-refractivity contribution is 0.502. The number of furan rings is 1. The Morgan fingerprint density at radius 1 is 0.547 bits per heavy atom. The summed E-state index contributed by atoms with van der Waals surface area (Å²) in [5.74, 6) is 2.85. The van der Waals surface area contributed by atoms with Crippen LogP contribution in [0.3, 0.4) is 0 Å². The third-order valence-corrected chi connectivity index (χ3v) is 13.7. The molecule has 0 aliphatic carbocycles. The summed E-state index contributed by atoms with van der Waals surface area (Å²) in [6, 6.07) is 23.9. The lowest BCUT2D eigenvalue weighted by Crippen LogP contribution is -2.12. The molecular formula is C59H78N10O2S4. The normalized spacial score (nSPS) is 9.52. The predicted octanol–water partition coefficient (Wildman–Crippen LogP) is 15.3. The van der Waals surface area contributed by atoms with E-state index >= 15 is 0 Å². The van der Waals surface area contributed by atoms with Gasteiger partial charge in [0.25, 0.3) is 0 Å². The van der Waals surface area contributed by atoms with Gasteiger partial charge in [-0.3, -0.25) is 24.1 Å². The van der Waals surface area contributed by atoms with Gasteiger partial charge in [-0.05, 0) is 177 Å². The van der Waals surface area contributed by atoms with E-state index in [9.17, 15) is 4.79 Å². The van der Waals surface area contributed by atoms with Crippen LogP contribution in [0.4, 0.5) is 0 Å². The van der Waals surface area contributed by atoms with Gasteiger partial charge in [-0.15, -0.1) is 45.3 Å². The summed E-state index contributed by atoms with van der Waals surface area (Å²) >= 11 is 7.12. The monoisotopic (exact) mass is 1090 g/mol. The van der Waals surface area contributed by atoms with Gasteiger partial charge in [0.15, 0.2) is 0 Å². The van der Waals surface area contributed by atoms with Gasteiger partial charge in [0.05, 0.1) is 23.7 Å². The topological polar surface area (TPSA) is 127 Å². The summed E-state index contributed by atoms with van der Waals surface area (Å²) in [6.45, 7) is 28.7. The molecule has 0 N–H and O–H groups in total. The van der Waals surface area contributed by atoms with Gasteiger partial charge < -0.3 is 13.6 Å². The van der Waals surface area contributed by atoms with Crippen molar-refractivity contribution in [3.8, 4) is 0 Å². The van der Waals surface area contributed by atoms with Crippen molar-refractivity contribution in [3.05, 3.63) is 231 Å². The van der Waals surface area contributed by atoms with Gasteiger partial charge in [-0.25, -0.2) is 9.97 Å². The number of hydrogen-bond acceptors (Lipinski definition) is 12. The number of benzene rings is 1. The Bertz CT molecular complexity index is 2950. The Balaban J connectivity index is 0.000000286. The molecular weight excluding hydrogens is 1010 g/mol. The molecule has 11 aromatic rings. The maximum absolute atomic E-state index is 10.6. The number of thiophene rings is 3. The van der Waals surface area contributed by atoms with E-state index in [-0.39, 0.29) is 5.56 Å². The van der Waals surface area contributed by atoms with Gasteiger partial charge in [0.1, 0.15) is 23.7 Å². The Hall–Kier alpha value is -6.85. The maximum Gasteiger partial charge on any atom is 0.250 e. The fourth-order valence-corrected chi connectivity index (χ4v) is 8.45. The van der Waals surface area contributed by atoms with Crippen molar-refractivity contribution in [2.75, 3.05) is 0 Å². The van der Waals surface area contributed by atoms with Crippen LogP contribution in [0.25, 0.3) is 10.8 Å². The molecule has 400 valence electrons. The molecule has 0 amide bonds. The van der Waals surface area contributed by atoms with E-state index in [0.29, 0.717) is 0 Å². The SMILES string of the molecule is Cc1cc(C)c(C)o1.Cc1ccc(C)s1.Cc1ccsc1C.Cc1ccsc1C.Cc1cn(C)cn1.Cc1cncc2ccccc12.Cc1cncs1.Cc1cnn(C)c1.Cc1ncn(C)n1.Cn1ccccc1=O. The molecule has 12 nitrogen and oxygen atoms in total. The molecule has 0 aliphatic heterocycles. The van der Waals surface area contributed by atoms with Crippen LogP contribution >= 0.6 is 45.3 Å². The number of rotatable bonds is 0. The minimum Gasteiger partial charge on any atom is -0.466 e. The highest BCUT2D eigenvalue weighted by Gasteiger charge is 1.96. The van der Waals surface area contributed by atoms with Crippen molar-refractivity contribution in [2.24, 2.45) is 28.2 Å². The van der Waals surface area contributed by atoms with Crippen molar-refractivity contribution >= 4 is 56.1 Å². The van der Waals surface area contributed by atoms with Gasteiger partial charge in [0, 0.05) is 101 Å². The molecule has 0 unspecified atom stereocenters. The van der Waals surface area contributed by atoms with E-state index in [1.54, 1.807) is 75.3 Å². The van der Waals surface area contributed by atoms with Crippen LogP contribution < -0.4 is 5.56 Å². The lowest BCUT2D eigenvalue weighted by atomic mass is 10.1. The molecule has 0 bridgehead atoms. The number of hydrogen-bond donors (Lipinski definition) is 0. The number of aromatic nitrogens is 10. The van der Waals surface area contributed by atoms with Crippen LogP contribution in [-0.4, -0.2) is 48.6 Å². The highest BCUT2D eigenvalue weighted by molar-refractivity contribution is 7.11. The molecule has 0 atom stereocenters. The van der Waals surface area contributed by atoms with E-state index in [2.05, 4.69) is 132 Å². The largest absolute Gasteiger partial charge is 0.466 e. The summed E-state index contributed by atoms with van der Waals surface area (Å²) in [5.41, 5.74) is 9.44. The average molecular weight is 1090 g/mol. The van der Waals surface area contributed by atoms with E-state index < -0.39 is 0 Å². The van der Waals surface area contributed by atoms with Crippen molar-refractivity contribution in [3.63, 3.8) is 0 Å². The first-order chi connectivity index (χ1) is 35.5. The first-order valence-corrected chi connectivity index (χ1v) is 27.6. The number of thiazole rings is 1. The van der Waals surface area contributed by atoms with Gasteiger partial charge in [-0.1, -0.05) is 30.3 Å². The smallest absolute Gasteiger partial charge is 0.250 e. The second-order valence-corrected chi connectivity index (χ2v) is 22.2. The molecule has 0 fully saturated rings. The first kappa shape index (κ1) is 64.3. The molecule has 0 aliphatic rings. The Kier molecular flexibility index (Phi) is 30.3. The zero-order valence-corrected chi connectivity index (χ0v) is 50.5. The first-order valence-electron chi connectivity index (χ1n) is 24.1. The minimum atomic E-state index is 0.0347. The van der Waals surface area contributed by atoms with Crippen molar-refractivity contribution in [2.45, 2.75) is 96.9 Å². The van der Waals surface area contributed by atoms with Crippen molar-refractivity contribution < 1.29 is 4.42 Å². The Morgan fingerprint density at radius 2 is 1.17 bits per heavy atom. The van der Waals surface area contributed by atoms with Crippen LogP contribution in [0.2, 0.25) is 0 Å². The zero-order chi connectivity index (χ0) is 55.9. The number of imidazole rings is 1. The lowest BCUT2D eigenvalue weighted by Gasteiger charge is -1.98. The van der Waals surface area contributed by atoms with E-state index in [0.717, 1.165) is 23.0 Å². The molecule has 16 heteroatoms. The molecule has 0 saturated heterocycles. The standard InChI is InChI=1S/C10H9N.C7H10O.C6H7NO.3C6H8S.2C5H8N2.C4H7N3.C4H5NS/c1-8-6-11-7-9-4-2-3-5-10(8)9;1-5-4-6(2)8-7(5)3;1-7-5-3-2-4-6(7)8;2*1-5-3-4-7-6(5)2;1-5-3-4-6(2)7-5;1-5-3-7(2)4-6-5;1-5-3-6-7(2)4-5;1-4-5-3-7(2)6-4;1-4-2-5-3-6-4/h2-7H,1H3;4H,1-3H3;2-5H,1H3;5*3-4H,1-2H3;3H,1-2H3;2-3H,1H3. The Morgan fingerprint density at radius 3 is 1.43 bits per heavy atom. The second-order valence-electron chi connectivity index (χ2n) is 17.3. The van der Waals surface area contributed by atoms with Crippen molar-refractivity contribution in [1.82, 2.24) is 48.6 Å². The fourth-order valence-electron chi connectivity index (χ4n) is 5.80. The summed E-state index contributed by atoms with van der Waals surface area (Å²) in [7, 11) is 7.44. The van der Waals surface area contributed by atoms with Crippen LogP contribution in [0.5, 0.6) is 0 Å². The van der Waals surface area contributed by atoms with Crippen LogP contribution in [0.15, 0.2) is 154 Å². The molecule has 0 radical (unpaired) electrons. The van der Waals surface area contributed by atoms with E-state index in [1.807, 2.05) is 146 Å². The van der Waals surface area contributed by atoms with Crippen LogP contribution in [-0.2, 0) is 28.2 Å². The van der Waals surface area contributed by atoms with Gasteiger partial charge >= 0.3 is 0 Å². The predicted molar refractivity (Wildman–Crippen MR) is 321 cm³/mol. The Labute approximate surface area is 462 Å². The fraction of sp³-hybridized carbons (Fsp3) is 0.305. The highest BCUT2D eigenvalue weighted by atomic mass is 32.1. The third kappa shape index (κ3) is 28.4. The molecule has 75 heavy (non-hydrogen) atoms. The number of fused-ring (bicyclic) bond motifs is 1. The van der Waals surface area contributed by atoms with Crippen molar-refractivity contribution in [1.29, 1.82) is 0 Å². The number of aryl methyl sites for hydroxylation is 18. The number of pyridine rings is 2. The quantitative estimate of drug-likeness (QED) is 0.147. The third-order valence-electron chi connectivity index (χ3n) is 10.2. The molecule has 1 aromatic carbocycles. The molecule has 0 saturated carbocycles. The molecule has 10 aromatic heterocycles. The molecule has 0 spiro atoms. The van der Waals surface area contributed by atoms with E-state index in [1.165, 1.54) is 73.6 Å².